The van der Waals surface area contributed by atoms with E-state index < -0.39 is 0 Å². The smallest absolute Gasteiger partial charge is 0.257 e. The maximum absolute atomic E-state index is 5.44. The second-order valence-corrected chi connectivity index (χ2v) is 5.71. The van der Waals surface area contributed by atoms with Crippen molar-refractivity contribution >= 4 is 0 Å². The second-order valence-electron chi connectivity index (χ2n) is 5.71. The van der Waals surface area contributed by atoms with Crippen LogP contribution in [0.3, 0.4) is 0 Å². The van der Waals surface area contributed by atoms with Gasteiger partial charge in [-0.05, 0) is 55.4 Å². The average Bonchev–Trinajstić information content (AvgIpc) is 3.17. The Morgan fingerprint density at radius 1 is 1.10 bits per heavy atom. The number of ether oxygens (including phenoxy) is 1. The molecule has 4 heteroatoms. The number of aryl methyl sites for hydroxylation is 2. The molecule has 2 heterocycles. The maximum atomic E-state index is 5.44. The number of aromatic nitrogens is 2. The van der Waals surface area contributed by atoms with E-state index in [0.29, 0.717) is 18.4 Å². The van der Waals surface area contributed by atoms with E-state index in [1.165, 1.54) is 36.8 Å². The van der Waals surface area contributed by atoms with E-state index in [0.717, 1.165) is 24.4 Å². The lowest BCUT2D eigenvalue weighted by atomic mass is 9.90. The zero-order valence-corrected chi connectivity index (χ0v) is 11.5. The lowest BCUT2D eigenvalue weighted by Gasteiger charge is -2.15. The molecule has 104 valence electrons. The van der Waals surface area contributed by atoms with Crippen LogP contribution in [0.25, 0.3) is 11.5 Å². The normalized spacial score (nSPS) is 21.9. The molecule has 0 amide bonds. The van der Waals surface area contributed by atoms with Gasteiger partial charge in [0.25, 0.3) is 5.89 Å². The van der Waals surface area contributed by atoms with Crippen molar-refractivity contribution in [1.82, 2.24) is 10.1 Å². The molecular weight excluding hydrogens is 252 g/mol. The third kappa shape index (κ3) is 2.14. The highest BCUT2D eigenvalue weighted by atomic mass is 16.5. The maximum Gasteiger partial charge on any atom is 0.257 e. The highest BCUT2D eigenvalue weighted by molar-refractivity contribution is 5.56. The summed E-state index contributed by atoms with van der Waals surface area (Å²) >= 11 is 0. The number of hydrogen-bond acceptors (Lipinski definition) is 4. The zero-order chi connectivity index (χ0) is 13.4. The molecule has 0 unspecified atom stereocenters. The predicted molar refractivity (Wildman–Crippen MR) is 74.6 cm³/mol. The third-order valence-corrected chi connectivity index (χ3v) is 4.33. The predicted octanol–water partition coefficient (Wildman–Crippen LogP) is 3.12. The van der Waals surface area contributed by atoms with E-state index in [2.05, 4.69) is 28.3 Å². The van der Waals surface area contributed by atoms with Crippen LogP contribution in [0, 0.1) is 0 Å². The van der Waals surface area contributed by atoms with Crippen molar-refractivity contribution in [2.45, 2.75) is 38.0 Å². The van der Waals surface area contributed by atoms with E-state index in [1.54, 1.807) is 0 Å². The van der Waals surface area contributed by atoms with Gasteiger partial charge in [0, 0.05) is 18.1 Å². The van der Waals surface area contributed by atoms with E-state index in [1.807, 2.05) is 0 Å². The monoisotopic (exact) mass is 270 g/mol. The molecule has 1 aromatic heterocycles. The second kappa shape index (κ2) is 5.02. The highest BCUT2D eigenvalue weighted by Gasteiger charge is 2.23. The molecule has 2 aromatic rings. The van der Waals surface area contributed by atoms with Crippen LogP contribution in [-0.4, -0.2) is 23.4 Å². The van der Waals surface area contributed by atoms with Crippen molar-refractivity contribution in [3.63, 3.8) is 0 Å². The van der Waals surface area contributed by atoms with Gasteiger partial charge in [-0.15, -0.1) is 0 Å². The Morgan fingerprint density at radius 3 is 2.85 bits per heavy atom. The van der Waals surface area contributed by atoms with Crippen LogP contribution in [0.1, 0.15) is 42.1 Å². The zero-order valence-electron chi connectivity index (χ0n) is 11.5. The van der Waals surface area contributed by atoms with Crippen LogP contribution in [0.4, 0.5) is 0 Å². The van der Waals surface area contributed by atoms with E-state index in [9.17, 15) is 0 Å². The summed E-state index contributed by atoms with van der Waals surface area (Å²) in [6.07, 6.45) is 5.94. The first-order valence-corrected chi connectivity index (χ1v) is 7.44. The van der Waals surface area contributed by atoms with Gasteiger partial charge in [-0.3, -0.25) is 0 Å². The van der Waals surface area contributed by atoms with Crippen molar-refractivity contribution in [1.29, 1.82) is 0 Å². The Labute approximate surface area is 118 Å². The SMILES string of the molecule is c1cc2c(cc1-c1nc([C@H]3CCOC3)no1)CCCC2. The van der Waals surface area contributed by atoms with E-state index in [-0.39, 0.29) is 0 Å². The third-order valence-electron chi connectivity index (χ3n) is 4.33. The van der Waals surface area contributed by atoms with Crippen LogP contribution in [0.15, 0.2) is 22.7 Å². The standard InChI is InChI=1S/C16H18N2O2/c1-2-4-12-9-13(6-5-11(12)3-1)16-17-15(18-20-16)14-7-8-19-10-14/h5-6,9,14H,1-4,7-8,10H2/t14-/m0/s1. The molecule has 1 fully saturated rings. The molecule has 0 N–H and O–H groups in total. The fourth-order valence-corrected chi connectivity index (χ4v) is 3.12. The average molecular weight is 270 g/mol. The topological polar surface area (TPSA) is 48.2 Å². The lowest BCUT2D eigenvalue weighted by molar-refractivity contribution is 0.192. The molecule has 4 nitrogen and oxygen atoms in total. The number of hydrogen-bond donors (Lipinski definition) is 0. The summed E-state index contributed by atoms with van der Waals surface area (Å²) < 4.78 is 10.8. The van der Waals surface area contributed by atoms with Gasteiger partial charge in [0.1, 0.15) is 0 Å². The van der Waals surface area contributed by atoms with Crippen LogP contribution >= 0.6 is 0 Å². The van der Waals surface area contributed by atoms with Gasteiger partial charge in [-0.1, -0.05) is 11.2 Å². The minimum absolute atomic E-state index is 0.296. The minimum Gasteiger partial charge on any atom is -0.381 e. The molecule has 2 aliphatic rings. The molecule has 0 bridgehead atoms. The van der Waals surface area contributed by atoms with Crippen LogP contribution in [0.5, 0.6) is 0 Å². The van der Waals surface area contributed by atoms with Gasteiger partial charge in [0.15, 0.2) is 5.82 Å². The fraction of sp³-hybridized carbons (Fsp3) is 0.500. The summed E-state index contributed by atoms with van der Waals surface area (Å²) in [5.74, 6) is 1.72. The van der Waals surface area contributed by atoms with Crippen molar-refractivity contribution in [3.8, 4) is 11.5 Å². The summed E-state index contributed by atoms with van der Waals surface area (Å²) in [6, 6.07) is 6.54. The highest BCUT2D eigenvalue weighted by Crippen LogP contribution is 2.29. The Morgan fingerprint density at radius 2 is 2.00 bits per heavy atom. The van der Waals surface area contributed by atoms with Crippen molar-refractivity contribution in [2.24, 2.45) is 0 Å². The molecule has 1 atom stereocenters. The largest absolute Gasteiger partial charge is 0.381 e. The first-order chi connectivity index (χ1) is 9.90. The molecule has 0 saturated carbocycles. The Kier molecular flexibility index (Phi) is 3.03. The van der Waals surface area contributed by atoms with Gasteiger partial charge in [-0.25, -0.2) is 0 Å². The number of benzene rings is 1. The van der Waals surface area contributed by atoms with Gasteiger partial charge in [0.05, 0.1) is 6.61 Å². The van der Waals surface area contributed by atoms with Crippen LogP contribution < -0.4 is 0 Å². The number of fused-ring (bicyclic) bond motifs is 1. The summed E-state index contributed by atoms with van der Waals surface area (Å²) in [5.41, 5.74) is 3.96. The molecule has 4 rings (SSSR count). The minimum atomic E-state index is 0.296. The van der Waals surface area contributed by atoms with Crippen molar-refractivity contribution in [2.75, 3.05) is 13.2 Å². The Hall–Kier alpha value is -1.68. The molecule has 1 aliphatic carbocycles. The van der Waals surface area contributed by atoms with Gasteiger partial charge in [0.2, 0.25) is 0 Å². The quantitative estimate of drug-likeness (QED) is 0.841. The van der Waals surface area contributed by atoms with Gasteiger partial charge >= 0.3 is 0 Å². The number of rotatable bonds is 2. The van der Waals surface area contributed by atoms with Crippen LogP contribution in [0.2, 0.25) is 0 Å². The lowest BCUT2D eigenvalue weighted by Crippen LogP contribution is -2.02. The van der Waals surface area contributed by atoms with Crippen LogP contribution in [-0.2, 0) is 17.6 Å². The summed E-state index contributed by atoms with van der Waals surface area (Å²) in [6.45, 7) is 1.51. The first-order valence-electron chi connectivity index (χ1n) is 7.44. The molecular formula is C16H18N2O2. The molecule has 0 radical (unpaired) electrons. The van der Waals surface area contributed by atoms with Crippen molar-refractivity contribution in [3.05, 3.63) is 35.2 Å². The molecule has 0 spiro atoms. The summed E-state index contributed by atoms with van der Waals surface area (Å²) in [7, 11) is 0. The molecule has 20 heavy (non-hydrogen) atoms. The van der Waals surface area contributed by atoms with E-state index in [4.69, 9.17) is 9.26 Å². The van der Waals surface area contributed by atoms with Gasteiger partial charge < -0.3 is 9.26 Å². The molecule has 1 aliphatic heterocycles. The fourth-order valence-electron chi connectivity index (χ4n) is 3.12. The summed E-state index contributed by atoms with van der Waals surface area (Å²) in [5, 5.41) is 4.12. The molecule has 1 saturated heterocycles. The first kappa shape index (κ1) is 12.1. The summed E-state index contributed by atoms with van der Waals surface area (Å²) in [4.78, 5) is 4.55. The van der Waals surface area contributed by atoms with E-state index >= 15 is 0 Å². The van der Waals surface area contributed by atoms with Gasteiger partial charge in [-0.2, -0.15) is 4.98 Å². The molecule has 1 aromatic carbocycles. The Bertz CT molecular complexity index is 615. The van der Waals surface area contributed by atoms with Crippen molar-refractivity contribution < 1.29 is 9.26 Å². The Balaban J connectivity index is 1.63. The number of nitrogens with zero attached hydrogens (tertiary/aromatic N) is 2.